The number of amides is 1. The van der Waals surface area contributed by atoms with Crippen LogP contribution in [0.1, 0.15) is 16.1 Å². The Bertz CT molecular complexity index is 1010. The smallest absolute Gasteiger partial charge is 0.266 e. The van der Waals surface area contributed by atoms with Crippen molar-refractivity contribution in [1.29, 1.82) is 0 Å². The molecule has 0 unspecified atom stereocenters. The number of aryl methyl sites for hydroxylation is 1. The van der Waals surface area contributed by atoms with E-state index >= 15 is 0 Å². The van der Waals surface area contributed by atoms with Gasteiger partial charge < -0.3 is 4.90 Å². The van der Waals surface area contributed by atoms with Crippen molar-refractivity contribution in [2.45, 2.75) is 13.5 Å². The standard InChI is InChI=1S/C18H17N5O2/c1-12-2-5-17(24)23(21-12)11-13-9-22(10-13)18(25)14-3-4-15-16(8-14)20-7-6-19-15/h2-8,13H,9-11H2,1H3. The first-order valence-corrected chi connectivity index (χ1v) is 8.15. The number of likely N-dealkylation sites (tertiary alicyclic amines) is 1. The van der Waals surface area contributed by atoms with Gasteiger partial charge >= 0.3 is 0 Å². The monoisotopic (exact) mass is 335 g/mol. The lowest BCUT2D eigenvalue weighted by Crippen LogP contribution is -2.52. The molecule has 3 heterocycles. The molecule has 126 valence electrons. The number of benzene rings is 1. The van der Waals surface area contributed by atoms with Gasteiger partial charge in [-0.05, 0) is 31.2 Å². The fourth-order valence-corrected chi connectivity index (χ4v) is 3.06. The fourth-order valence-electron chi connectivity index (χ4n) is 3.06. The number of carbonyl (C=O) groups excluding carboxylic acids is 1. The maximum absolute atomic E-state index is 12.6. The Morgan fingerprint density at radius 3 is 2.68 bits per heavy atom. The zero-order chi connectivity index (χ0) is 17.4. The highest BCUT2D eigenvalue weighted by Gasteiger charge is 2.31. The molecule has 1 fully saturated rings. The van der Waals surface area contributed by atoms with Crippen molar-refractivity contribution >= 4 is 16.9 Å². The predicted octanol–water partition coefficient (Wildman–Crippen LogP) is 1.27. The van der Waals surface area contributed by atoms with Crippen LogP contribution < -0.4 is 5.56 Å². The molecule has 0 N–H and O–H groups in total. The van der Waals surface area contributed by atoms with Gasteiger partial charge in [0.15, 0.2) is 0 Å². The SMILES string of the molecule is Cc1ccc(=O)n(CC2CN(C(=O)c3ccc4nccnc4c3)C2)n1. The van der Waals surface area contributed by atoms with Crippen LogP contribution in [0.25, 0.3) is 11.0 Å². The summed E-state index contributed by atoms with van der Waals surface area (Å²) in [5, 5.41) is 4.24. The minimum Gasteiger partial charge on any atom is -0.338 e. The fraction of sp³-hybridized carbons (Fsp3) is 0.278. The van der Waals surface area contributed by atoms with Gasteiger partial charge in [0.2, 0.25) is 0 Å². The Hall–Kier alpha value is -3.09. The van der Waals surface area contributed by atoms with E-state index in [4.69, 9.17) is 0 Å². The minimum atomic E-state index is -0.108. The summed E-state index contributed by atoms with van der Waals surface area (Å²) in [7, 11) is 0. The van der Waals surface area contributed by atoms with E-state index in [0.29, 0.717) is 30.7 Å². The normalized spacial score (nSPS) is 14.5. The number of aromatic nitrogens is 4. The molecule has 4 rings (SSSR count). The molecule has 1 amide bonds. The zero-order valence-electron chi connectivity index (χ0n) is 13.8. The average molecular weight is 335 g/mol. The number of hydrogen-bond donors (Lipinski definition) is 0. The van der Waals surface area contributed by atoms with Crippen LogP contribution in [0.2, 0.25) is 0 Å². The van der Waals surface area contributed by atoms with Gasteiger partial charge in [-0.25, -0.2) is 4.68 Å². The summed E-state index contributed by atoms with van der Waals surface area (Å²) in [5.74, 6) is 0.226. The van der Waals surface area contributed by atoms with Crippen molar-refractivity contribution < 1.29 is 4.79 Å². The molecule has 1 saturated heterocycles. The lowest BCUT2D eigenvalue weighted by Gasteiger charge is -2.39. The summed E-state index contributed by atoms with van der Waals surface area (Å²) in [4.78, 5) is 34.6. The molecule has 3 aromatic rings. The molecule has 1 aliphatic rings. The van der Waals surface area contributed by atoms with Crippen molar-refractivity contribution in [3.63, 3.8) is 0 Å². The summed E-state index contributed by atoms with van der Waals surface area (Å²) in [6.07, 6.45) is 3.24. The van der Waals surface area contributed by atoms with Gasteiger partial charge in [-0.3, -0.25) is 19.6 Å². The third-order valence-corrected chi connectivity index (χ3v) is 4.39. The van der Waals surface area contributed by atoms with E-state index in [1.54, 1.807) is 35.5 Å². The van der Waals surface area contributed by atoms with Gasteiger partial charge in [-0.15, -0.1) is 0 Å². The van der Waals surface area contributed by atoms with Crippen LogP contribution in [0.4, 0.5) is 0 Å². The summed E-state index contributed by atoms with van der Waals surface area (Å²) in [6.45, 7) is 3.64. The Labute approximate surface area is 143 Å². The molecule has 0 spiro atoms. The topological polar surface area (TPSA) is 81.0 Å². The van der Waals surface area contributed by atoms with Crippen LogP contribution in [-0.2, 0) is 6.54 Å². The number of carbonyl (C=O) groups is 1. The first-order valence-electron chi connectivity index (χ1n) is 8.15. The number of rotatable bonds is 3. The molecule has 2 aromatic heterocycles. The van der Waals surface area contributed by atoms with Crippen molar-refractivity contribution in [2.75, 3.05) is 13.1 Å². The Morgan fingerprint density at radius 1 is 1.12 bits per heavy atom. The third-order valence-electron chi connectivity index (χ3n) is 4.39. The van der Waals surface area contributed by atoms with E-state index in [1.165, 1.54) is 10.7 Å². The molecule has 1 aliphatic heterocycles. The first-order chi connectivity index (χ1) is 12.1. The lowest BCUT2D eigenvalue weighted by atomic mass is 9.98. The van der Waals surface area contributed by atoms with Crippen LogP contribution >= 0.6 is 0 Å². The van der Waals surface area contributed by atoms with Gasteiger partial charge in [-0.1, -0.05) is 0 Å². The van der Waals surface area contributed by atoms with Crippen molar-refractivity contribution in [3.05, 3.63) is 64.3 Å². The highest BCUT2D eigenvalue weighted by molar-refractivity contribution is 5.97. The summed E-state index contributed by atoms with van der Waals surface area (Å²) < 4.78 is 1.48. The van der Waals surface area contributed by atoms with E-state index in [-0.39, 0.29) is 17.4 Å². The van der Waals surface area contributed by atoms with Crippen LogP contribution in [0, 0.1) is 12.8 Å². The molecule has 7 nitrogen and oxygen atoms in total. The van der Waals surface area contributed by atoms with Gasteiger partial charge in [0.25, 0.3) is 11.5 Å². The summed E-state index contributed by atoms with van der Waals surface area (Å²) in [5.41, 5.74) is 2.79. The Kier molecular flexibility index (Phi) is 3.76. The van der Waals surface area contributed by atoms with Crippen LogP contribution in [0.15, 0.2) is 47.5 Å². The van der Waals surface area contributed by atoms with Gasteiger partial charge in [0.05, 0.1) is 23.3 Å². The number of fused-ring (bicyclic) bond motifs is 1. The van der Waals surface area contributed by atoms with Crippen molar-refractivity contribution in [2.24, 2.45) is 5.92 Å². The van der Waals surface area contributed by atoms with Gasteiger partial charge in [0.1, 0.15) is 0 Å². The highest BCUT2D eigenvalue weighted by Crippen LogP contribution is 2.21. The third kappa shape index (κ3) is 3.00. The second kappa shape index (κ2) is 6.08. The Morgan fingerprint density at radius 2 is 1.88 bits per heavy atom. The first kappa shape index (κ1) is 15.4. The molecule has 0 atom stereocenters. The van der Waals surface area contributed by atoms with E-state index < -0.39 is 0 Å². The van der Waals surface area contributed by atoms with E-state index in [1.807, 2.05) is 13.0 Å². The van der Waals surface area contributed by atoms with E-state index in [0.717, 1.165) is 11.2 Å². The van der Waals surface area contributed by atoms with E-state index in [9.17, 15) is 9.59 Å². The minimum absolute atomic E-state index is 0.0200. The largest absolute Gasteiger partial charge is 0.338 e. The van der Waals surface area contributed by atoms with Crippen LogP contribution in [0.3, 0.4) is 0 Å². The molecule has 0 aliphatic carbocycles. The summed E-state index contributed by atoms with van der Waals surface area (Å²) in [6, 6.07) is 8.59. The molecule has 1 aromatic carbocycles. The van der Waals surface area contributed by atoms with Crippen molar-refractivity contribution in [1.82, 2.24) is 24.6 Å². The molecule has 0 bridgehead atoms. The summed E-state index contributed by atoms with van der Waals surface area (Å²) >= 11 is 0. The molecular formula is C18H17N5O2. The molecule has 0 radical (unpaired) electrons. The average Bonchev–Trinajstić information content (AvgIpc) is 2.59. The molecule has 7 heteroatoms. The zero-order valence-corrected chi connectivity index (χ0v) is 13.8. The van der Waals surface area contributed by atoms with Crippen LogP contribution in [-0.4, -0.2) is 43.6 Å². The highest BCUT2D eigenvalue weighted by atomic mass is 16.2. The maximum atomic E-state index is 12.6. The second-order valence-corrected chi connectivity index (χ2v) is 6.33. The quantitative estimate of drug-likeness (QED) is 0.720. The van der Waals surface area contributed by atoms with E-state index in [2.05, 4.69) is 15.1 Å². The van der Waals surface area contributed by atoms with Crippen LogP contribution in [0.5, 0.6) is 0 Å². The maximum Gasteiger partial charge on any atom is 0.266 e. The van der Waals surface area contributed by atoms with Gasteiger partial charge in [-0.2, -0.15) is 5.10 Å². The van der Waals surface area contributed by atoms with Crippen molar-refractivity contribution in [3.8, 4) is 0 Å². The lowest BCUT2D eigenvalue weighted by molar-refractivity contribution is 0.0458. The molecule has 0 saturated carbocycles. The Balaban J connectivity index is 1.43. The number of hydrogen-bond acceptors (Lipinski definition) is 5. The molecule has 25 heavy (non-hydrogen) atoms. The van der Waals surface area contributed by atoms with Gasteiger partial charge in [0, 0.05) is 43.0 Å². The predicted molar refractivity (Wildman–Crippen MR) is 92.2 cm³/mol. The molecular weight excluding hydrogens is 318 g/mol. The number of nitrogens with zero attached hydrogens (tertiary/aromatic N) is 5. The second-order valence-electron chi connectivity index (χ2n) is 6.33.